The van der Waals surface area contributed by atoms with E-state index in [1.54, 1.807) is 21.3 Å². The summed E-state index contributed by atoms with van der Waals surface area (Å²) in [6.45, 7) is 7.57. The van der Waals surface area contributed by atoms with Gasteiger partial charge in [0, 0.05) is 46.5 Å². The second kappa shape index (κ2) is 11.6. The molecule has 7 heteroatoms. The van der Waals surface area contributed by atoms with Crippen LogP contribution in [0.2, 0.25) is 5.02 Å². The first-order valence-electron chi connectivity index (χ1n) is 16.6. The normalized spacial score (nSPS) is 20.7. The molecule has 4 aromatic carbocycles. The molecule has 6 nitrogen and oxygen atoms in total. The third-order valence-electron chi connectivity index (χ3n) is 10.6. The molecule has 0 aromatic heterocycles. The van der Waals surface area contributed by atoms with E-state index in [0.717, 1.165) is 87.1 Å². The molecule has 4 aromatic rings. The maximum atomic E-state index is 7.55. The van der Waals surface area contributed by atoms with Crippen LogP contribution in [0.5, 0.6) is 17.2 Å². The molecule has 2 aliphatic carbocycles. The number of methoxy groups -OCH3 is 3. The number of hydrogen-bond donors (Lipinski definition) is 0. The molecule has 0 spiro atoms. The molecule has 48 heavy (non-hydrogen) atoms. The molecule has 2 aliphatic heterocycles. The predicted octanol–water partition coefficient (Wildman–Crippen LogP) is 9.20. The zero-order valence-corrected chi connectivity index (χ0v) is 28.9. The molecule has 0 amide bonds. The van der Waals surface area contributed by atoms with Gasteiger partial charge in [-0.1, -0.05) is 55.8 Å². The molecule has 1 fully saturated rings. The van der Waals surface area contributed by atoms with Crippen molar-refractivity contribution in [2.24, 2.45) is 0 Å². The molecule has 4 aliphatic rings. The molecule has 0 bridgehead atoms. The Hall–Kier alpha value is -4.39. The zero-order valence-electron chi connectivity index (χ0n) is 28.1. The van der Waals surface area contributed by atoms with Gasteiger partial charge in [-0.05, 0) is 88.2 Å². The molecule has 0 N–H and O–H groups in total. The number of halogens is 1. The molecule has 1 saturated heterocycles. The Morgan fingerprint density at radius 1 is 0.833 bits per heavy atom. The number of hydrogen-bond acceptors (Lipinski definition) is 6. The summed E-state index contributed by atoms with van der Waals surface area (Å²) in [5.74, 6) is 3.43. The molecule has 1 atom stereocenters. The van der Waals surface area contributed by atoms with E-state index in [-0.39, 0.29) is 5.41 Å². The number of anilines is 1. The summed E-state index contributed by atoms with van der Waals surface area (Å²) in [5, 5.41) is 2.89. The minimum atomic E-state index is -0.842. The highest BCUT2D eigenvalue weighted by Gasteiger charge is 2.45. The van der Waals surface area contributed by atoms with Crippen molar-refractivity contribution in [1.29, 1.82) is 0 Å². The lowest BCUT2D eigenvalue weighted by atomic mass is 9.75. The number of morpholine rings is 1. The number of allylic oxidation sites excluding steroid dienone is 3. The fourth-order valence-corrected chi connectivity index (χ4v) is 8.31. The van der Waals surface area contributed by atoms with Crippen molar-refractivity contribution in [3.8, 4) is 28.4 Å². The van der Waals surface area contributed by atoms with Gasteiger partial charge in [0.15, 0.2) is 5.60 Å². The van der Waals surface area contributed by atoms with Gasteiger partial charge in [-0.3, -0.25) is 0 Å². The average molecular weight is 662 g/mol. The maximum absolute atomic E-state index is 7.55. The van der Waals surface area contributed by atoms with Crippen LogP contribution in [0.3, 0.4) is 0 Å². The van der Waals surface area contributed by atoms with Crippen LogP contribution < -0.4 is 19.1 Å². The molecule has 0 saturated carbocycles. The monoisotopic (exact) mass is 661 g/mol. The largest absolute Gasteiger partial charge is 0.501 e. The standard InChI is InChI=1S/C41H40ClNO5/c1-40(2)34-22-27(42)10-15-30(34)37-32-23-35(43-18-20-47-21-19-43)36(46-5)24-33(32)39-31(38(37)40)16-17-41(48-39,25-6-11-28(44-3)12-7-25)26-8-13-29(45-4)14-9-26/h6-8,10-13,15-17,22-24H,9,14,18-21H2,1-5H3. The Balaban J connectivity index is 1.43. The Labute approximate surface area is 287 Å². The first-order valence-corrected chi connectivity index (χ1v) is 17.0. The van der Waals surface area contributed by atoms with Crippen molar-refractivity contribution in [2.45, 2.75) is 37.7 Å². The van der Waals surface area contributed by atoms with E-state index in [1.165, 1.54) is 22.3 Å². The van der Waals surface area contributed by atoms with E-state index in [2.05, 4.69) is 79.4 Å². The summed E-state index contributed by atoms with van der Waals surface area (Å²) >= 11 is 6.65. The third kappa shape index (κ3) is 4.64. The van der Waals surface area contributed by atoms with Crippen LogP contribution in [-0.4, -0.2) is 47.6 Å². The summed E-state index contributed by atoms with van der Waals surface area (Å²) in [6.07, 6.45) is 10.4. The summed E-state index contributed by atoms with van der Waals surface area (Å²) in [7, 11) is 5.17. The third-order valence-corrected chi connectivity index (χ3v) is 10.9. The van der Waals surface area contributed by atoms with Crippen LogP contribution in [0.4, 0.5) is 5.69 Å². The Morgan fingerprint density at radius 2 is 1.62 bits per heavy atom. The van der Waals surface area contributed by atoms with Crippen molar-refractivity contribution >= 4 is 34.1 Å². The van der Waals surface area contributed by atoms with Crippen molar-refractivity contribution in [2.75, 3.05) is 52.5 Å². The van der Waals surface area contributed by atoms with Crippen LogP contribution >= 0.6 is 11.6 Å². The summed E-state index contributed by atoms with van der Waals surface area (Å²) in [5.41, 5.74) is 8.09. The van der Waals surface area contributed by atoms with Gasteiger partial charge in [-0.25, -0.2) is 0 Å². The maximum Gasteiger partial charge on any atom is 0.174 e. The quantitative estimate of drug-likeness (QED) is 0.205. The van der Waals surface area contributed by atoms with Gasteiger partial charge in [0.05, 0.1) is 46.0 Å². The second-order valence-electron chi connectivity index (χ2n) is 13.4. The van der Waals surface area contributed by atoms with Crippen LogP contribution in [0.1, 0.15) is 48.9 Å². The second-order valence-corrected chi connectivity index (χ2v) is 13.8. The van der Waals surface area contributed by atoms with Crippen LogP contribution in [0.15, 0.2) is 84.2 Å². The average Bonchev–Trinajstić information content (AvgIpc) is 3.37. The molecular formula is C41H40ClNO5. The van der Waals surface area contributed by atoms with E-state index in [1.807, 2.05) is 18.2 Å². The van der Waals surface area contributed by atoms with Gasteiger partial charge in [-0.2, -0.15) is 0 Å². The summed E-state index contributed by atoms with van der Waals surface area (Å²) < 4.78 is 30.5. The lowest BCUT2D eigenvalue weighted by molar-refractivity contribution is 0.122. The van der Waals surface area contributed by atoms with E-state index < -0.39 is 5.60 Å². The topological polar surface area (TPSA) is 49.4 Å². The van der Waals surface area contributed by atoms with Gasteiger partial charge in [0.2, 0.25) is 0 Å². The first kappa shape index (κ1) is 30.9. The van der Waals surface area contributed by atoms with E-state index in [0.29, 0.717) is 13.2 Å². The molecule has 0 radical (unpaired) electrons. The summed E-state index contributed by atoms with van der Waals surface area (Å²) in [4.78, 5) is 2.37. The van der Waals surface area contributed by atoms with Crippen molar-refractivity contribution < 1.29 is 23.7 Å². The number of fused-ring (bicyclic) bond motifs is 8. The van der Waals surface area contributed by atoms with E-state index in [4.69, 9.17) is 35.3 Å². The SMILES string of the molecule is COC1=CC=C(C2(c3ccc(OC)cc3)C=Cc3c4c(c5cc(N6CCOCC6)c(OC)cc5c3O2)-c2ccc(Cl)cc2C4(C)C)CC1. The van der Waals surface area contributed by atoms with Gasteiger partial charge >= 0.3 is 0 Å². The Kier molecular flexibility index (Phi) is 7.50. The summed E-state index contributed by atoms with van der Waals surface area (Å²) in [6, 6.07) is 19.0. The van der Waals surface area contributed by atoms with Gasteiger partial charge in [-0.15, -0.1) is 0 Å². The molecule has 1 unspecified atom stereocenters. The highest BCUT2D eigenvalue weighted by atomic mass is 35.5. The van der Waals surface area contributed by atoms with Gasteiger partial charge in [0.25, 0.3) is 0 Å². The zero-order chi connectivity index (χ0) is 33.2. The fraction of sp³-hybridized carbons (Fsp3) is 0.317. The highest BCUT2D eigenvalue weighted by Crippen LogP contribution is 2.59. The molecule has 8 rings (SSSR count). The fourth-order valence-electron chi connectivity index (χ4n) is 8.14. The predicted molar refractivity (Wildman–Crippen MR) is 193 cm³/mol. The van der Waals surface area contributed by atoms with Crippen LogP contribution in [0.25, 0.3) is 28.0 Å². The van der Waals surface area contributed by atoms with Crippen molar-refractivity contribution in [3.05, 3.63) is 111 Å². The minimum absolute atomic E-state index is 0.319. The number of benzene rings is 4. The van der Waals surface area contributed by atoms with Crippen molar-refractivity contribution in [1.82, 2.24) is 0 Å². The highest BCUT2D eigenvalue weighted by molar-refractivity contribution is 6.31. The van der Waals surface area contributed by atoms with Crippen LogP contribution in [0, 0.1) is 0 Å². The minimum Gasteiger partial charge on any atom is -0.501 e. The lowest BCUT2D eigenvalue weighted by Gasteiger charge is -2.40. The molecule has 2 heterocycles. The first-order chi connectivity index (χ1) is 23.3. The Morgan fingerprint density at radius 3 is 2.31 bits per heavy atom. The van der Waals surface area contributed by atoms with Gasteiger partial charge in [0.1, 0.15) is 17.2 Å². The van der Waals surface area contributed by atoms with E-state index in [9.17, 15) is 0 Å². The number of nitrogens with zero attached hydrogens (tertiary/aromatic N) is 1. The van der Waals surface area contributed by atoms with E-state index >= 15 is 0 Å². The van der Waals surface area contributed by atoms with Crippen molar-refractivity contribution in [3.63, 3.8) is 0 Å². The van der Waals surface area contributed by atoms with Gasteiger partial charge < -0.3 is 28.6 Å². The lowest BCUT2D eigenvalue weighted by Crippen LogP contribution is -2.37. The Bertz CT molecular complexity index is 2040. The number of ether oxygens (including phenoxy) is 5. The molecular weight excluding hydrogens is 622 g/mol. The number of rotatable bonds is 6. The van der Waals surface area contributed by atoms with Crippen LogP contribution in [-0.2, 0) is 20.5 Å². The molecule has 246 valence electrons. The smallest absolute Gasteiger partial charge is 0.174 e.